The molecule has 0 saturated carbocycles. The molecule has 182 valence electrons. The van der Waals surface area contributed by atoms with Crippen molar-refractivity contribution in [2.75, 3.05) is 10.6 Å². The molecule has 0 aliphatic heterocycles. The van der Waals surface area contributed by atoms with Crippen LogP contribution in [0.25, 0.3) is 0 Å². The maximum atomic E-state index is 12.1. The number of hydrogen-bond acceptors (Lipinski definition) is 6. The zero-order chi connectivity index (χ0) is 23.4. The summed E-state index contributed by atoms with van der Waals surface area (Å²) >= 11 is 1.34. The second-order valence-corrected chi connectivity index (χ2v) is 9.45. The van der Waals surface area contributed by atoms with E-state index in [0.717, 1.165) is 18.5 Å². The highest BCUT2D eigenvalue weighted by Crippen LogP contribution is 2.21. The van der Waals surface area contributed by atoms with Crippen molar-refractivity contribution in [1.82, 2.24) is 15.2 Å². The van der Waals surface area contributed by atoms with E-state index in [2.05, 4.69) is 44.9 Å². The lowest BCUT2D eigenvalue weighted by Gasteiger charge is -2.02. The van der Waals surface area contributed by atoms with Crippen molar-refractivity contribution in [2.45, 2.75) is 103 Å². The zero-order valence-corrected chi connectivity index (χ0v) is 21.0. The van der Waals surface area contributed by atoms with Crippen LogP contribution < -0.4 is 10.6 Å². The number of rotatable bonds is 19. The summed E-state index contributed by atoms with van der Waals surface area (Å²) in [4.78, 5) is 16.4. The van der Waals surface area contributed by atoms with E-state index >= 15 is 0 Å². The van der Waals surface area contributed by atoms with E-state index in [1.54, 1.807) is 6.20 Å². The average molecular weight is 472 g/mol. The van der Waals surface area contributed by atoms with Gasteiger partial charge in [-0.25, -0.2) is 0 Å². The van der Waals surface area contributed by atoms with Gasteiger partial charge in [-0.2, -0.15) is 0 Å². The lowest BCUT2D eigenvalue weighted by atomic mass is 10.1. The highest BCUT2D eigenvalue weighted by Gasteiger charge is 2.08. The molecular weight excluding hydrogens is 430 g/mol. The molecule has 0 aliphatic rings. The molecule has 2 aromatic rings. The molecule has 6 nitrogen and oxygen atoms in total. The Morgan fingerprint density at radius 1 is 0.879 bits per heavy atom. The smallest absolute Gasteiger partial charge is 0.226 e. The minimum atomic E-state index is 0.0139. The fraction of sp³-hybridized carbons (Fsp3) is 0.615. The predicted octanol–water partition coefficient (Wildman–Crippen LogP) is 7.52. The monoisotopic (exact) mass is 471 g/mol. The van der Waals surface area contributed by atoms with Crippen LogP contribution in [0, 0.1) is 0 Å². The van der Waals surface area contributed by atoms with Crippen molar-refractivity contribution in [3.8, 4) is 0 Å². The normalized spacial score (nSPS) is 11.2. The number of nitrogens with zero attached hydrogens (tertiary/aromatic N) is 3. The van der Waals surface area contributed by atoms with Crippen LogP contribution in [-0.2, 0) is 11.3 Å². The number of hydrogen-bond donors (Lipinski definition) is 2. The number of pyridine rings is 1. The average Bonchev–Trinajstić information content (AvgIpc) is 3.28. The van der Waals surface area contributed by atoms with E-state index < -0.39 is 0 Å². The van der Waals surface area contributed by atoms with Gasteiger partial charge in [-0.3, -0.25) is 9.78 Å². The fourth-order valence-corrected chi connectivity index (χ4v) is 4.21. The molecule has 0 bridgehead atoms. The molecule has 7 heteroatoms. The van der Waals surface area contributed by atoms with Crippen molar-refractivity contribution in [3.63, 3.8) is 0 Å². The Morgan fingerprint density at radius 3 is 2.24 bits per heavy atom. The second kappa shape index (κ2) is 18.2. The summed E-state index contributed by atoms with van der Waals surface area (Å²) in [6, 6.07) is 5.79. The van der Waals surface area contributed by atoms with Crippen molar-refractivity contribution >= 4 is 27.5 Å². The van der Waals surface area contributed by atoms with Crippen LogP contribution in [0.5, 0.6) is 0 Å². The molecular formula is C26H41N5OS. The third kappa shape index (κ3) is 13.8. The first kappa shape index (κ1) is 27.0. The Bertz CT molecular complexity index is 778. The van der Waals surface area contributed by atoms with Gasteiger partial charge in [0.2, 0.25) is 16.2 Å². The van der Waals surface area contributed by atoms with Gasteiger partial charge in [0, 0.05) is 12.6 Å². The topological polar surface area (TPSA) is 79.8 Å². The lowest BCUT2D eigenvalue weighted by Crippen LogP contribution is -2.10. The van der Waals surface area contributed by atoms with E-state index in [1.165, 1.54) is 82.0 Å². The van der Waals surface area contributed by atoms with Gasteiger partial charge < -0.3 is 10.6 Å². The summed E-state index contributed by atoms with van der Waals surface area (Å²) in [6.45, 7) is 2.85. The highest BCUT2D eigenvalue weighted by atomic mass is 32.1. The molecule has 2 aromatic heterocycles. The lowest BCUT2D eigenvalue weighted by molar-refractivity contribution is -0.116. The highest BCUT2D eigenvalue weighted by molar-refractivity contribution is 7.19. The van der Waals surface area contributed by atoms with Crippen molar-refractivity contribution in [3.05, 3.63) is 42.2 Å². The number of amides is 1. The molecule has 0 radical (unpaired) electrons. The van der Waals surface area contributed by atoms with Crippen LogP contribution in [0.3, 0.4) is 0 Å². The van der Waals surface area contributed by atoms with Crippen LogP contribution >= 0.6 is 11.3 Å². The van der Waals surface area contributed by atoms with Gasteiger partial charge in [0.25, 0.3) is 0 Å². The largest absolute Gasteiger partial charge is 0.354 e. The molecule has 0 spiro atoms. The minimum Gasteiger partial charge on any atom is -0.354 e. The SMILES string of the molecule is CCCCCCCC/C=C/CCCCCCCC(=O)Nc1nnc(NCc2ccccn2)s1. The van der Waals surface area contributed by atoms with Crippen molar-refractivity contribution < 1.29 is 4.79 Å². The first-order valence-electron chi connectivity index (χ1n) is 12.7. The summed E-state index contributed by atoms with van der Waals surface area (Å²) in [5, 5.41) is 15.4. The first-order chi connectivity index (χ1) is 16.3. The third-order valence-corrected chi connectivity index (χ3v) is 6.28. The van der Waals surface area contributed by atoms with E-state index in [-0.39, 0.29) is 5.91 Å². The quantitative estimate of drug-likeness (QED) is 0.164. The molecule has 0 aromatic carbocycles. The minimum absolute atomic E-state index is 0.0139. The Labute approximate surface area is 203 Å². The molecule has 0 aliphatic carbocycles. The predicted molar refractivity (Wildman–Crippen MR) is 140 cm³/mol. The van der Waals surface area contributed by atoms with Gasteiger partial charge in [-0.15, -0.1) is 10.2 Å². The number of carbonyl (C=O) groups is 1. The van der Waals surface area contributed by atoms with Crippen molar-refractivity contribution in [1.29, 1.82) is 0 Å². The summed E-state index contributed by atoms with van der Waals surface area (Å²) in [7, 11) is 0. The number of carbonyl (C=O) groups excluding carboxylic acids is 1. The van der Waals surface area contributed by atoms with Gasteiger partial charge in [0.15, 0.2) is 0 Å². The Balaban J connectivity index is 1.41. The molecule has 0 fully saturated rings. The Kier molecular flexibility index (Phi) is 14.9. The Hall–Kier alpha value is -2.28. The Morgan fingerprint density at radius 2 is 1.55 bits per heavy atom. The van der Waals surface area contributed by atoms with Crippen LogP contribution in [-0.4, -0.2) is 21.1 Å². The molecule has 0 unspecified atom stereocenters. The van der Waals surface area contributed by atoms with E-state index in [1.807, 2.05) is 18.2 Å². The van der Waals surface area contributed by atoms with E-state index in [9.17, 15) is 4.79 Å². The molecule has 0 atom stereocenters. The summed E-state index contributed by atoms with van der Waals surface area (Å²) < 4.78 is 0. The first-order valence-corrected chi connectivity index (χ1v) is 13.5. The molecule has 1 amide bonds. The molecule has 0 saturated heterocycles. The van der Waals surface area contributed by atoms with Crippen LogP contribution in [0.4, 0.5) is 10.3 Å². The zero-order valence-electron chi connectivity index (χ0n) is 20.2. The van der Waals surface area contributed by atoms with Gasteiger partial charge in [-0.1, -0.05) is 87.8 Å². The molecule has 2 heterocycles. The summed E-state index contributed by atoms with van der Waals surface area (Å²) in [5.74, 6) is 0.0139. The van der Waals surface area contributed by atoms with E-state index in [0.29, 0.717) is 23.2 Å². The molecule has 2 rings (SSSR count). The molecule has 33 heavy (non-hydrogen) atoms. The number of nitrogens with one attached hydrogen (secondary N) is 2. The van der Waals surface area contributed by atoms with Crippen molar-refractivity contribution in [2.24, 2.45) is 0 Å². The van der Waals surface area contributed by atoms with E-state index in [4.69, 9.17) is 0 Å². The van der Waals surface area contributed by atoms with Gasteiger partial charge in [0.1, 0.15) is 0 Å². The van der Waals surface area contributed by atoms with Crippen LogP contribution in [0.2, 0.25) is 0 Å². The van der Waals surface area contributed by atoms with Gasteiger partial charge in [-0.05, 0) is 44.2 Å². The fourth-order valence-electron chi connectivity index (χ4n) is 3.55. The summed E-state index contributed by atoms with van der Waals surface area (Å²) in [5.41, 5.74) is 0.933. The third-order valence-electron chi connectivity index (χ3n) is 5.48. The maximum Gasteiger partial charge on any atom is 0.226 e. The second-order valence-electron chi connectivity index (χ2n) is 8.47. The van der Waals surface area contributed by atoms with Crippen LogP contribution in [0.1, 0.15) is 103 Å². The van der Waals surface area contributed by atoms with Gasteiger partial charge >= 0.3 is 0 Å². The standard InChI is InChI=1S/C26H41N5OS/c1-2-3-4-5-6-7-8-9-10-11-12-13-14-15-16-20-24(32)29-26-31-30-25(33-26)28-22-23-19-17-18-21-27-23/h9-10,17-19,21H,2-8,11-16,20,22H2,1H3,(H,28,30)(H,29,31,32)/b10-9+. The number of unbranched alkanes of at least 4 members (excludes halogenated alkanes) is 11. The number of aromatic nitrogens is 3. The summed E-state index contributed by atoms with van der Waals surface area (Å²) in [6.07, 6.45) is 23.3. The van der Waals surface area contributed by atoms with Gasteiger partial charge in [0.05, 0.1) is 12.2 Å². The van der Waals surface area contributed by atoms with Crippen LogP contribution in [0.15, 0.2) is 36.5 Å². The number of allylic oxidation sites excluding steroid dienone is 2. The molecule has 2 N–H and O–H groups in total. The number of anilines is 2. The maximum absolute atomic E-state index is 12.1.